The Kier molecular flexibility index (Phi) is 3.90. The molecule has 1 unspecified atom stereocenters. The average Bonchev–Trinajstić information content (AvgIpc) is 2.54. The van der Waals surface area contributed by atoms with Crippen molar-refractivity contribution in [3.63, 3.8) is 0 Å². The Labute approximate surface area is 116 Å². The summed E-state index contributed by atoms with van der Waals surface area (Å²) in [4.78, 5) is 24.9. The van der Waals surface area contributed by atoms with E-state index < -0.39 is 35.7 Å². The van der Waals surface area contributed by atoms with Gasteiger partial charge in [-0.3, -0.25) is 14.3 Å². The van der Waals surface area contributed by atoms with Gasteiger partial charge in [-0.1, -0.05) is 0 Å². The number of H-pyrrole nitrogens is 1. The minimum Gasteiger partial charge on any atom is -0.388 e. The molecule has 2 heterocycles. The van der Waals surface area contributed by atoms with E-state index in [0.717, 1.165) is 0 Å². The summed E-state index contributed by atoms with van der Waals surface area (Å²) in [6.45, 7) is 1.72. The summed E-state index contributed by atoms with van der Waals surface area (Å²) in [5.74, 6) is 0. The number of aliphatic hydroxyl groups is 2. The van der Waals surface area contributed by atoms with Crippen LogP contribution in [0.4, 0.5) is 0 Å². The molecule has 18 heavy (non-hydrogen) atoms. The lowest BCUT2D eigenvalue weighted by Crippen LogP contribution is -2.38. The van der Waals surface area contributed by atoms with Crippen molar-refractivity contribution in [1.29, 1.82) is 0 Å². The number of aromatic amines is 1. The summed E-state index contributed by atoms with van der Waals surface area (Å²) in [5.41, 5.74) is -1.01. The Morgan fingerprint density at radius 1 is 1.44 bits per heavy atom. The van der Waals surface area contributed by atoms with Gasteiger partial charge in [0.05, 0.1) is 16.2 Å². The Morgan fingerprint density at radius 3 is 2.67 bits per heavy atom. The third-order valence-corrected chi connectivity index (χ3v) is 3.71. The summed E-state index contributed by atoms with van der Waals surface area (Å²) >= 11 is 1.81. The highest BCUT2D eigenvalue weighted by molar-refractivity contribution is 14.1. The van der Waals surface area contributed by atoms with Gasteiger partial charge in [0.15, 0.2) is 0 Å². The number of aliphatic hydroxyl groups excluding tert-OH is 2. The molecule has 1 aliphatic rings. The number of aromatic nitrogens is 2. The highest BCUT2D eigenvalue weighted by Gasteiger charge is 2.40. The standard InChI is InChI=1S/C10H13IN2O5/c1-4-7(14)8(15)6(18-4)3-13-2-5(11)9(16)12-10(13)17/h2,4,6-8,14-15H,3H2,1H3,(H,12,16,17)/t4-,6+,7?,8-/m0/s1. The van der Waals surface area contributed by atoms with Crippen LogP contribution in [0, 0.1) is 3.57 Å². The fourth-order valence-electron chi connectivity index (χ4n) is 1.90. The van der Waals surface area contributed by atoms with E-state index in [2.05, 4.69) is 4.98 Å². The van der Waals surface area contributed by atoms with Crippen molar-refractivity contribution in [2.24, 2.45) is 0 Å². The van der Waals surface area contributed by atoms with Crippen LogP contribution in [0.2, 0.25) is 0 Å². The van der Waals surface area contributed by atoms with E-state index in [1.165, 1.54) is 10.8 Å². The zero-order chi connectivity index (χ0) is 13.4. The number of ether oxygens (including phenoxy) is 1. The topological polar surface area (TPSA) is 105 Å². The predicted octanol–water partition coefficient (Wildman–Crippen LogP) is -1.35. The maximum absolute atomic E-state index is 11.6. The van der Waals surface area contributed by atoms with Crippen molar-refractivity contribution in [3.8, 4) is 0 Å². The van der Waals surface area contributed by atoms with Crippen molar-refractivity contribution in [1.82, 2.24) is 9.55 Å². The molecular weight excluding hydrogens is 355 g/mol. The van der Waals surface area contributed by atoms with Crippen LogP contribution in [-0.4, -0.2) is 44.2 Å². The van der Waals surface area contributed by atoms with Gasteiger partial charge in [0.25, 0.3) is 5.56 Å². The molecule has 1 saturated heterocycles. The Bertz CT molecular complexity index is 554. The van der Waals surface area contributed by atoms with E-state index in [1.54, 1.807) is 6.92 Å². The summed E-state index contributed by atoms with van der Waals surface area (Å²) in [6, 6.07) is 0. The van der Waals surface area contributed by atoms with Crippen LogP contribution in [0.3, 0.4) is 0 Å². The van der Waals surface area contributed by atoms with Crippen molar-refractivity contribution in [2.75, 3.05) is 0 Å². The summed E-state index contributed by atoms with van der Waals surface area (Å²) < 4.78 is 6.98. The lowest BCUT2D eigenvalue weighted by atomic mass is 10.1. The Morgan fingerprint density at radius 2 is 2.11 bits per heavy atom. The van der Waals surface area contributed by atoms with Gasteiger partial charge in [-0.05, 0) is 29.5 Å². The molecule has 100 valence electrons. The fourth-order valence-corrected chi connectivity index (χ4v) is 2.37. The van der Waals surface area contributed by atoms with E-state index in [-0.39, 0.29) is 6.54 Å². The zero-order valence-electron chi connectivity index (χ0n) is 9.54. The normalized spacial score (nSPS) is 31.8. The lowest BCUT2D eigenvalue weighted by Gasteiger charge is -2.15. The van der Waals surface area contributed by atoms with Crippen molar-refractivity contribution < 1.29 is 14.9 Å². The number of hydrogen-bond acceptors (Lipinski definition) is 5. The number of rotatable bonds is 2. The van der Waals surface area contributed by atoms with Crippen LogP contribution >= 0.6 is 22.6 Å². The minimum atomic E-state index is -1.04. The molecule has 4 atom stereocenters. The van der Waals surface area contributed by atoms with E-state index >= 15 is 0 Å². The van der Waals surface area contributed by atoms with Gasteiger partial charge in [-0.15, -0.1) is 0 Å². The quantitative estimate of drug-likeness (QED) is 0.560. The molecule has 0 bridgehead atoms. The third-order valence-electron chi connectivity index (χ3n) is 2.95. The van der Waals surface area contributed by atoms with Crippen molar-refractivity contribution >= 4 is 22.6 Å². The van der Waals surface area contributed by atoms with Crippen LogP contribution in [0.25, 0.3) is 0 Å². The SMILES string of the molecule is C[C@@H]1O[C@H](Cn2cc(I)c(=O)[nH]c2=O)[C@H](O)C1O. The molecule has 8 heteroatoms. The maximum atomic E-state index is 11.6. The van der Waals surface area contributed by atoms with Gasteiger partial charge in [-0.25, -0.2) is 4.79 Å². The van der Waals surface area contributed by atoms with Crippen LogP contribution < -0.4 is 11.2 Å². The van der Waals surface area contributed by atoms with Gasteiger partial charge in [0.2, 0.25) is 0 Å². The minimum absolute atomic E-state index is 0.0776. The second-order valence-corrected chi connectivity index (χ2v) is 5.41. The van der Waals surface area contributed by atoms with Crippen LogP contribution in [0.5, 0.6) is 0 Å². The first-order chi connectivity index (χ1) is 8.40. The molecular formula is C10H13IN2O5. The fraction of sp³-hybridized carbons (Fsp3) is 0.600. The first kappa shape index (κ1) is 13.7. The predicted molar refractivity (Wildman–Crippen MR) is 70.4 cm³/mol. The van der Waals surface area contributed by atoms with E-state index in [4.69, 9.17) is 4.74 Å². The number of nitrogens with one attached hydrogen (secondary N) is 1. The Balaban J connectivity index is 2.23. The van der Waals surface area contributed by atoms with Gasteiger partial charge in [0, 0.05) is 6.20 Å². The molecule has 1 fully saturated rings. The molecule has 2 rings (SSSR count). The summed E-state index contributed by atoms with van der Waals surface area (Å²) in [5, 5.41) is 19.3. The molecule has 0 saturated carbocycles. The molecule has 0 amide bonds. The molecule has 1 aromatic rings. The zero-order valence-corrected chi connectivity index (χ0v) is 11.7. The average molecular weight is 368 g/mol. The third kappa shape index (κ3) is 2.51. The Hall–Kier alpha value is -0.710. The van der Waals surface area contributed by atoms with Crippen molar-refractivity contribution in [3.05, 3.63) is 30.6 Å². The number of halogens is 1. The molecule has 0 aromatic carbocycles. The van der Waals surface area contributed by atoms with E-state index in [9.17, 15) is 19.8 Å². The van der Waals surface area contributed by atoms with Gasteiger partial charge < -0.3 is 14.9 Å². The van der Waals surface area contributed by atoms with Gasteiger partial charge in [-0.2, -0.15) is 0 Å². The van der Waals surface area contributed by atoms with E-state index in [0.29, 0.717) is 3.57 Å². The molecule has 7 nitrogen and oxygen atoms in total. The second-order valence-electron chi connectivity index (χ2n) is 4.25. The largest absolute Gasteiger partial charge is 0.388 e. The molecule has 0 aliphatic carbocycles. The molecule has 1 aliphatic heterocycles. The van der Waals surface area contributed by atoms with Gasteiger partial charge in [0.1, 0.15) is 18.3 Å². The van der Waals surface area contributed by atoms with Crippen LogP contribution in [-0.2, 0) is 11.3 Å². The smallest absolute Gasteiger partial charge is 0.328 e. The highest BCUT2D eigenvalue weighted by Crippen LogP contribution is 2.21. The van der Waals surface area contributed by atoms with Gasteiger partial charge >= 0.3 is 5.69 Å². The second kappa shape index (κ2) is 5.11. The van der Waals surface area contributed by atoms with Crippen LogP contribution in [0.1, 0.15) is 6.92 Å². The number of nitrogens with zero attached hydrogens (tertiary/aromatic N) is 1. The van der Waals surface area contributed by atoms with Crippen LogP contribution in [0.15, 0.2) is 15.8 Å². The molecule has 1 aromatic heterocycles. The molecule has 0 radical (unpaired) electrons. The summed E-state index contributed by atoms with van der Waals surface area (Å²) in [7, 11) is 0. The van der Waals surface area contributed by atoms with Crippen molar-refractivity contribution in [2.45, 2.75) is 37.9 Å². The monoisotopic (exact) mass is 368 g/mol. The molecule has 3 N–H and O–H groups in total. The summed E-state index contributed by atoms with van der Waals surface area (Å²) in [6.07, 6.45) is -1.77. The maximum Gasteiger partial charge on any atom is 0.328 e. The highest BCUT2D eigenvalue weighted by atomic mass is 127. The molecule has 0 spiro atoms. The number of hydrogen-bond donors (Lipinski definition) is 3. The lowest BCUT2D eigenvalue weighted by molar-refractivity contribution is 0.00529. The first-order valence-electron chi connectivity index (χ1n) is 5.41. The first-order valence-corrected chi connectivity index (χ1v) is 6.49. The van der Waals surface area contributed by atoms with E-state index in [1.807, 2.05) is 22.6 Å².